The van der Waals surface area contributed by atoms with Crippen molar-refractivity contribution < 1.29 is 9.13 Å². The molecule has 0 aromatic heterocycles. The number of nitrogens with two attached hydrogens (primary N) is 1. The van der Waals surface area contributed by atoms with Crippen molar-refractivity contribution in [3.63, 3.8) is 0 Å². The lowest BCUT2D eigenvalue weighted by molar-refractivity contribution is 0.441. The second-order valence-electron chi connectivity index (χ2n) is 3.73. The molecule has 0 fully saturated rings. The summed E-state index contributed by atoms with van der Waals surface area (Å²) < 4.78 is 19.0. The summed E-state index contributed by atoms with van der Waals surface area (Å²) in [6, 6.07) is 12.1. The predicted octanol–water partition coefficient (Wildman–Crippen LogP) is 2.94. The molecule has 2 N–H and O–H groups in total. The number of benzene rings is 2. The van der Waals surface area contributed by atoms with Crippen molar-refractivity contribution in [2.24, 2.45) is 0 Å². The molecule has 0 amide bonds. The SMILES string of the molecule is N#Cc1ccc(Oc2ccc(N)cc2C#N)c(F)c1. The summed E-state index contributed by atoms with van der Waals surface area (Å²) in [4.78, 5) is 0. The molecule has 0 saturated heterocycles. The Morgan fingerprint density at radius 2 is 1.74 bits per heavy atom. The summed E-state index contributed by atoms with van der Waals surface area (Å²) in [5.41, 5.74) is 6.38. The van der Waals surface area contributed by atoms with Crippen LogP contribution in [0.25, 0.3) is 0 Å². The normalized spacial score (nSPS) is 9.42. The number of nitrogen functional groups attached to an aromatic ring is 1. The molecule has 19 heavy (non-hydrogen) atoms. The molecule has 0 bridgehead atoms. The predicted molar refractivity (Wildman–Crippen MR) is 66.8 cm³/mol. The van der Waals surface area contributed by atoms with Gasteiger partial charge in [0.1, 0.15) is 11.8 Å². The minimum absolute atomic E-state index is 0.0553. The summed E-state index contributed by atoms with van der Waals surface area (Å²) in [5.74, 6) is -0.514. The van der Waals surface area contributed by atoms with Crippen molar-refractivity contribution in [3.8, 4) is 23.6 Å². The van der Waals surface area contributed by atoms with E-state index in [1.165, 1.54) is 24.3 Å². The minimum atomic E-state index is -0.667. The smallest absolute Gasteiger partial charge is 0.167 e. The lowest BCUT2D eigenvalue weighted by Gasteiger charge is -2.08. The number of halogens is 1. The third-order valence-electron chi connectivity index (χ3n) is 2.40. The second kappa shape index (κ2) is 5.07. The van der Waals surface area contributed by atoms with E-state index >= 15 is 0 Å². The van der Waals surface area contributed by atoms with E-state index in [0.717, 1.165) is 6.07 Å². The van der Waals surface area contributed by atoms with Gasteiger partial charge in [-0.15, -0.1) is 0 Å². The standard InChI is InChI=1S/C14H8FN3O/c15-12-5-9(7-16)1-3-14(12)19-13-4-2-11(18)6-10(13)8-17/h1-6H,18H2. The van der Waals surface area contributed by atoms with E-state index in [2.05, 4.69) is 0 Å². The van der Waals surface area contributed by atoms with Crippen LogP contribution in [0.2, 0.25) is 0 Å². The van der Waals surface area contributed by atoms with Crippen LogP contribution in [0.15, 0.2) is 36.4 Å². The average molecular weight is 253 g/mol. The zero-order chi connectivity index (χ0) is 13.8. The zero-order valence-electron chi connectivity index (χ0n) is 9.72. The Labute approximate surface area is 109 Å². The molecule has 0 unspecified atom stereocenters. The van der Waals surface area contributed by atoms with Crippen LogP contribution in [0, 0.1) is 28.5 Å². The summed E-state index contributed by atoms with van der Waals surface area (Å²) >= 11 is 0. The lowest BCUT2D eigenvalue weighted by atomic mass is 10.2. The van der Waals surface area contributed by atoms with Gasteiger partial charge in [0.2, 0.25) is 0 Å². The maximum Gasteiger partial charge on any atom is 0.167 e. The highest BCUT2D eigenvalue weighted by Crippen LogP contribution is 2.28. The Hall–Kier alpha value is -3.05. The molecule has 0 aliphatic rings. The van der Waals surface area contributed by atoms with E-state index in [4.69, 9.17) is 21.0 Å². The highest BCUT2D eigenvalue weighted by molar-refractivity contribution is 5.54. The first-order valence-electron chi connectivity index (χ1n) is 5.31. The number of hydrogen-bond acceptors (Lipinski definition) is 4. The van der Waals surface area contributed by atoms with E-state index in [9.17, 15) is 4.39 Å². The molecule has 0 saturated carbocycles. The highest BCUT2D eigenvalue weighted by Gasteiger charge is 2.09. The molecule has 0 heterocycles. The summed E-state index contributed by atoms with van der Waals surface area (Å²) in [6.07, 6.45) is 0. The molecule has 0 aliphatic heterocycles. The minimum Gasteiger partial charge on any atom is -0.453 e. The largest absolute Gasteiger partial charge is 0.453 e. The van der Waals surface area contributed by atoms with Crippen molar-refractivity contribution in [3.05, 3.63) is 53.3 Å². The van der Waals surface area contributed by atoms with Crippen LogP contribution in [0.1, 0.15) is 11.1 Å². The van der Waals surface area contributed by atoms with Crippen molar-refractivity contribution in [2.45, 2.75) is 0 Å². The number of nitrogens with zero attached hydrogens (tertiary/aromatic N) is 2. The van der Waals surface area contributed by atoms with Crippen molar-refractivity contribution in [2.75, 3.05) is 5.73 Å². The van der Waals surface area contributed by atoms with Gasteiger partial charge in [-0.25, -0.2) is 4.39 Å². The average Bonchev–Trinajstić information content (AvgIpc) is 2.42. The number of anilines is 1. The molecular weight excluding hydrogens is 245 g/mol. The first-order chi connectivity index (χ1) is 9.13. The van der Waals surface area contributed by atoms with Crippen LogP contribution < -0.4 is 10.5 Å². The molecule has 0 radical (unpaired) electrons. The lowest BCUT2D eigenvalue weighted by Crippen LogP contribution is -1.93. The quantitative estimate of drug-likeness (QED) is 0.834. The van der Waals surface area contributed by atoms with E-state index in [0.29, 0.717) is 5.69 Å². The van der Waals surface area contributed by atoms with Crippen LogP contribution in [-0.2, 0) is 0 Å². The fourth-order valence-corrected chi connectivity index (χ4v) is 1.50. The molecule has 5 heteroatoms. The molecule has 2 aromatic rings. The molecular formula is C14H8FN3O. The third-order valence-corrected chi connectivity index (χ3v) is 2.40. The van der Waals surface area contributed by atoms with Crippen LogP contribution in [0.3, 0.4) is 0 Å². The number of hydrogen-bond donors (Lipinski definition) is 1. The van der Waals surface area contributed by atoms with Gasteiger partial charge < -0.3 is 10.5 Å². The van der Waals surface area contributed by atoms with Gasteiger partial charge in [-0.05, 0) is 36.4 Å². The Bertz CT molecular complexity index is 714. The highest BCUT2D eigenvalue weighted by atomic mass is 19.1. The van der Waals surface area contributed by atoms with Gasteiger partial charge in [0.25, 0.3) is 0 Å². The van der Waals surface area contributed by atoms with Gasteiger partial charge in [0.05, 0.1) is 17.2 Å². The van der Waals surface area contributed by atoms with E-state index < -0.39 is 5.82 Å². The van der Waals surface area contributed by atoms with Gasteiger partial charge in [0.15, 0.2) is 11.6 Å². The number of ether oxygens (including phenoxy) is 1. The van der Waals surface area contributed by atoms with Crippen molar-refractivity contribution in [1.82, 2.24) is 0 Å². The van der Waals surface area contributed by atoms with Gasteiger partial charge in [-0.3, -0.25) is 0 Å². The Morgan fingerprint density at radius 3 is 2.37 bits per heavy atom. The monoisotopic (exact) mass is 253 g/mol. The topological polar surface area (TPSA) is 82.8 Å². The van der Waals surface area contributed by atoms with Crippen LogP contribution >= 0.6 is 0 Å². The van der Waals surface area contributed by atoms with Gasteiger partial charge in [0, 0.05) is 5.69 Å². The maximum atomic E-state index is 13.7. The summed E-state index contributed by atoms with van der Waals surface area (Å²) in [5, 5.41) is 17.6. The van der Waals surface area contributed by atoms with Gasteiger partial charge in [-0.2, -0.15) is 10.5 Å². The first kappa shape index (κ1) is 12.4. The molecule has 2 aromatic carbocycles. The van der Waals surface area contributed by atoms with Gasteiger partial charge in [-0.1, -0.05) is 0 Å². The Kier molecular flexibility index (Phi) is 3.31. The zero-order valence-corrected chi connectivity index (χ0v) is 9.72. The van der Waals surface area contributed by atoms with Crippen molar-refractivity contribution in [1.29, 1.82) is 10.5 Å². The molecule has 4 nitrogen and oxygen atoms in total. The Morgan fingerprint density at radius 1 is 1.00 bits per heavy atom. The molecule has 0 spiro atoms. The molecule has 92 valence electrons. The molecule has 0 atom stereocenters. The fraction of sp³-hybridized carbons (Fsp3) is 0. The van der Waals surface area contributed by atoms with E-state index in [1.807, 2.05) is 12.1 Å². The molecule has 2 rings (SSSR count). The van der Waals surface area contributed by atoms with Crippen LogP contribution in [-0.4, -0.2) is 0 Å². The third kappa shape index (κ3) is 2.62. The number of rotatable bonds is 2. The Balaban J connectivity index is 2.37. The summed E-state index contributed by atoms with van der Waals surface area (Å²) in [6.45, 7) is 0. The van der Waals surface area contributed by atoms with Crippen LogP contribution in [0.4, 0.5) is 10.1 Å². The van der Waals surface area contributed by atoms with E-state index in [-0.39, 0.29) is 22.6 Å². The second-order valence-corrected chi connectivity index (χ2v) is 3.73. The fourth-order valence-electron chi connectivity index (χ4n) is 1.50. The maximum absolute atomic E-state index is 13.7. The van der Waals surface area contributed by atoms with Crippen molar-refractivity contribution >= 4 is 5.69 Å². The van der Waals surface area contributed by atoms with Crippen LogP contribution in [0.5, 0.6) is 11.5 Å². The summed E-state index contributed by atoms with van der Waals surface area (Å²) in [7, 11) is 0. The molecule has 0 aliphatic carbocycles. The van der Waals surface area contributed by atoms with Gasteiger partial charge >= 0.3 is 0 Å². The van der Waals surface area contributed by atoms with E-state index in [1.54, 1.807) is 6.07 Å². The number of nitriles is 2. The first-order valence-corrected chi connectivity index (χ1v) is 5.31.